The summed E-state index contributed by atoms with van der Waals surface area (Å²) in [5.74, 6) is -2.56. The van der Waals surface area contributed by atoms with Gasteiger partial charge in [-0.3, -0.25) is 9.59 Å². The number of hydrogen-bond acceptors (Lipinski definition) is 5. The summed E-state index contributed by atoms with van der Waals surface area (Å²) in [6, 6.07) is 4.42. The fourth-order valence-electron chi connectivity index (χ4n) is 4.26. The number of amides is 2. The molecule has 7 nitrogen and oxygen atoms in total. The molecule has 0 aliphatic carbocycles. The van der Waals surface area contributed by atoms with Gasteiger partial charge in [0.1, 0.15) is 11.9 Å². The van der Waals surface area contributed by atoms with Crippen molar-refractivity contribution in [2.45, 2.75) is 62.0 Å². The van der Waals surface area contributed by atoms with E-state index >= 15 is 0 Å². The molecule has 0 aromatic heterocycles. The van der Waals surface area contributed by atoms with Crippen molar-refractivity contribution in [3.8, 4) is 0 Å². The molecule has 1 saturated heterocycles. The predicted octanol–water partition coefficient (Wildman–Crippen LogP) is 3.48. The first-order valence-corrected chi connectivity index (χ1v) is 13.0. The largest absolute Gasteiger partial charge is 0.416 e. The fourth-order valence-corrected chi connectivity index (χ4v) is 4.92. The lowest BCUT2D eigenvalue weighted by Crippen LogP contribution is -2.50. The van der Waals surface area contributed by atoms with Gasteiger partial charge in [-0.15, -0.1) is 0 Å². The summed E-state index contributed by atoms with van der Waals surface area (Å²) >= 11 is 0. The third kappa shape index (κ3) is 5.86. The number of halogens is 4. The minimum Gasteiger partial charge on any atom is -0.391 e. The lowest BCUT2D eigenvalue weighted by Gasteiger charge is -2.30. The van der Waals surface area contributed by atoms with E-state index < -0.39 is 57.4 Å². The number of carbonyl (C=O) groups excluding carboxylic acids is 2. The van der Waals surface area contributed by atoms with Crippen molar-refractivity contribution in [3.05, 3.63) is 65.0 Å². The molecule has 2 aromatic rings. The van der Waals surface area contributed by atoms with Crippen molar-refractivity contribution in [2.24, 2.45) is 0 Å². The van der Waals surface area contributed by atoms with E-state index in [1.807, 2.05) is 0 Å². The van der Waals surface area contributed by atoms with Crippen LogP contribution in [0.5, 0.6) is 0 Å². The standard InChI is InChI=1S/C24H26F4N2O5S/c1-13-7-10-20(30(13)23(33)15-5-4-6-17(11-15)36(3,34)35)22(32)29-21(14(2)31)18-9-8-16(12-19(18)25)24(26,27)28/h4-6,8-9,11-14,20-21,31H,7,10H2,1-3H3,(H,29,32)/t13-,14?,20-,21?/m1/s1. The minimum atomic E-state index is -4.77. The quantitative estimate of drug-likeness (QED) is 0.557. The molecule has 1 aliphatic rings. The van der Waals surface area contributed by atoms with Crippen molar-refractivity contribution in [2.75, 3.05) is 6.26 Å². The Balaban J connectivity index is 1.87. The van der Waals surface area contributed by atoms with Crippen LogP contribution in [-0.4, -0.2) is 54.7 Å². The number of nitrogens with zero attached hydrogens (tertiary/aromatic N) is 1. The molecule has 1 fully saturated rings. The van der Waals surface area contributed by atoms with Gasteiger partial charge in [-0.05, 0) is 57.0 Å². The first kappa shape index (κ1) is 27.6. The Labute approximate surface area is 206 Å². The van der Waals surface area contributed by atoms with Crippen molar-refractivity contribution >= 4 is 21.7 Å². The average molecular weight is 531 g/mol. The molecule has 4 atom stereocenters. The van der Waals surface area contributed by atoms with Crippen LogP contribution in [0.4, 0.5) is 17.6 Å². The van der Waals surface area contributed by atoms with E-state index in [-0.39, 0.29) is 28.5 Å². The molecule has 1 aliphatic heterocycles. The Morgan fingerprint density at radius 3 is 2.36 bits per heavy atom. The molecule has 0 radical (unpaired) electrons. The number of sulfone groups is 1. The van der Waals surface area contributed by atoms with Crippen LogP contribution >= 0.6 is 0 Å². The van der Waals surface area contributed by atoms with E-state index in [4.69, 9.17) is 0 Å². The molecule has 1 heterocycles. The highest BCUT2D eigenvalue weighted by Crippen LogP contribution is 2.33. The van der Waals surface area contributed by atoms with Crippen LogP contribution in [0.3, 0.4) is 0 Å². The number of alkyl halides is 3. The van der Waals surface area contributed by atoms with Gasteiger partial charge in [0, 0.05) is 23.4 Å². The van der Waals surface area contributed by atoms with Gasteiger partial charge in [0.25, 0.3) is 5.91 Å². The van der Waals surface area contributed by atoms with Crippen molar-refractivity contribution < 1.29 is 40.7 Å². The Bertz CT molecular complexity index is 1260. The summed E-state index contributed by atoms with van der Waals surface area (Å²) in [6.45, 7) is 2.96. The zero-order chi connectivity index (χ0) is 27.0. The zero-order valence-corrected chi connectivity index (χ0v) is 20.5. The molecule has 2 aromatic carbocycles. The normalized spacial score (nSPS) is 20.2. The van der Waals surface area contributed by atoms with Crippen LogP contribution in [0.15, 0.2) is 47.4 Å². The van der Waals surface area contributed by atoms with Gasteiger partial charge in [0.05, 0.1) is 22.6 Å². The summed E-state index contributed by atoms with van der Waals surface area (Å²) in [5, 5.41) is 12.6. The molecular weight excluding hydrogens is 504 g/mol. The lowest BCUT2D eigenvalue weighted by atomic mass is 9.99. The molecule has 0 saturated carbocycles. The number of nitrogens with one attached hydrogen (secondary N) is 1. The van der Waals surface area contributed by atoms with E-state index in [0.29, 0.717) is 18.6 Å². The lowest BCUT2D eigenvalue weighted by molar-refractivity contribution is -0.137. The van der Waals surface area contributed by atoms with E-state index in [1.54, 1.807) is 6.92 Å². The SMILES string of the molecule is CC(O)C(NC(=O)[C@H]1CC[C@@H](C)N1C(=O)c1cccc(S(C)(=O)=O)c1)c1ccc(C(F)(F)F)cc1F. The van der Waals surface area contributed by atoms with Crippen molar-refractivity contribution in [3.63, 3.8) is 0 Å². The highest BCUT2D eigenvalue weighted by Gasteiger charge is 2.41. The second kappa shape index (κ2) is 10.2. The smallest absolute Gasteiger partial charge is 0.391 e. The van der Waals surface area contributed by atoms with E-state index in [9.17, 15) is 40.7 Å². The predicted molar refractivity (Wildman–Crippen MR) is 122 cm³/mol. The number of hydrogen-bond donors (Lipinski definition) is 2. The molecule has 3 rings (SSSR count). The third-order valence-corrected chi connectivity index (χ3v) is 7.27. The molecule has 12 heteroatoms. The van der Waals surface area contributed by atoms with Gasteiger partial charge in [-0.1, -0.05) is 12.1 Å². The first-order chi connectivity index (χ1) is 16.6. The van der Waals surface area contributed by atoms with Crippen molar-refractivity contribution in [1.29, 1.82) is 0 Å². The number of rotatable bonds is 6. The molecular formula is C24H26F4N2O5S. The van der Waals surface area contributed by atoms with Gasteiger partial charge in [-0.2, -0.15) is 13.2 Å². The maximum atomic E-state index is 14.6. The third-order valence-electron chi connectivity index (χ3n) is 6.16. The number of carbonyl (C=O) groups is 2. The molecule has 2 amide bonds. The summed E-state index contributed by atoms with van der Waals surface area (Å²) in [7, 11) is -3.58. The highest BCUT2D eigenvalue weighted by molar-refractivity contribution is 7.90. The summed E-state index contributed by atoms with van der Waals surface area (Å²) < 4.78 is 77.0. The Hall–Kier alpha value is -2.99. The van der Waals surface area contributed by atoms with E-state index in [2.05, 4.69) is 5.32 Å². The Morgan fingerprint density at radius 2 is 1.81 bits per heavy atom. The maximum absolute atomic E-state index is 14.6. The van der Waals surface area contributed by atoms with Crippen LogP contribution in [-0.2, 0) is 20.8 Å². The summed E-state index contributed by atoms with van der Waals surface area (Å²) in [4.78, 5) is 27.7. The second-order valence-corrected chi connectivity index (χ2v) is 10.9. The highest BCUT2D eigenvalue weighted by atomic mass is 32.2. The monoisotopic (exact) mass is 530 g/mol. The minimum absolute atomic E-state index is 0.0605. The number of benzene rings is 2. The average Bonchev–Trinajstić information content (AvgIpc) is 3.17. The van der Waals surface area contributed by atoms with Crippen molar-refractivity contribution in [1.82, 2.24) is 10.2 Å². The van der Waals surface area contributed by atoms with Crippen LogP contribution in [0, 0.1) is 5.82 Å². The van der Waals surface area contributed by atoms with Gasteiger partial charge in [0.2, 0.25) is 5.91 Å². The van der Waals surface area contributed by atoms with E-state index in [1.165, 1.54) is 36.1 Å². The first-order valence-electron chi connectivity index (χ1n) is 11.1. The summed E-state index contributed by atoms with van der Waals surface area (Å²) in [5.41, 5.74) is -1.49. The van der Waals surface area contributed by atoms with Gasteiger partial charge < -0.3 is 15.3 Å². The summed E-state index contributed by atoms with van der Waals surface area (Å²) in [6.07, 6.45) is -4.44. The number of likely N-dealkylation sites (tertiary alicyclic amines) is 1. The molecule has 0 spiro atoms. The zero-order valence-electron chi connectivity index (χ0n) is 19.7. The molecule has 0 bridgehead atoms. The number of aliphatic hydroxyl groups excluding tert-OH is 1. The van der Waals surface area contributed by atoms with E-state index in [0.717, 1.165) is 12.3 Å². The second-order valence-electron chi connectivity index (χ2n) is 8.92. The van der Waals surface area contributed by atoms with Crippen LogP contribution < -0.4 is 5.32 Å². The maximum Gasteiger partial charge on any atom is 0.416 e. The van der Waals surface area contributed by atoms with Gasteiger partial charge >= 0.3 is 6.18 Å². The molecule has 196 valence electrons. The molecule has 2 N–H and O–H groups in total. The van der Waals surface area contributed by atoms with Crippen LogP contribution in [0.2, 0.25) is 0 Å². The van der Waals surface area contributed by atoms with Crippen LogP contribution in [0.1, 0.15) is 54.2 Å². The Kier molecular flexibility index (Phi) is 7.80. The molecule has 2 unspecified atom stereocenters. The Morgan fingerprint density at radius 1 is 1.14 bits per heavy atom. The van der Waals surface area contributed by atoms with Crippen LogP contribution in [0.25, 0.3) is 0 Å². The van der Waals surface area contributed by atoms with Gasteiger partial charge in [0.15, 0.2) is 9.84 Å². The van der Waals surface area contributed by atoms with Gasteiger partial charge in [-0.25, -0.2) is 12.8 Å². The molecule has 36 heavy (non-hydrogen) atoms. The number of aliphatic hydroxyl groups is 1. The fraction of sp³-hybridized carbons (Fsp3) is 0.417. The topological polar surface area (TPSA) is 104 Å².